The van der Waals surface area contributed by atoms with Gasteiger partial charge in [0.1, 0.15) is 5.65 Å². The molecule has 0 bridgehead atoms. The molecule has 27 heavy (non-hydrogen) atoms. The smallest absolute Gasteiger partial charge is 0.137 e. The average molecular weight is 382 g/mol. The summed E-state index contributed by atoms with van der Waals surface area (Å²) in [6.07, 6.45) is 5.16. The van der Waals surface area contributed by atoms with Crippen LogP contribution >= 0.6 is 11.6 Å². The number of halogens is 1. The molecule has 1 aromatic carbocycles. The Bertz CT molecular complexity index is 958. The van der Waals surface area contributed by atoms with E-state index in [-0.39, 0.29) is 0 Å². The van der Waals surface area contributed by atoms with Gasteiger partial charge in [-0.2, -0.15) is 0 Å². The molecular weight excluding hydrogens is 358 g/mol. The van der Waals surface area contributed by atoms with Crippen LogP contribution in [0.5, 0.6) is 0 Å². The van der Waals surface area contributed by atoms with Gasteiger partial charge < -0.3 is 9.72 Å². The van der Waals surface area contributed by atoms with E-state index in [2.05, 4.69) is 39.5 Å². The second kappa shape index (κ2) is 7.15. The Balaban J connectivity index is 1.19. The Morgan fingerprint density at radius 2 is 1.78 bits per heavy atom. The molecular formula is C21H24ClN5. The summed E-state index contributed by atoms with van der Waals surface area (Å²) < 4.78 is 2.01. The zero-order valence-corrected chi connectivity index (χ0v) is 16.1. The van der Waals surface area contributed by atoms with Crippen molar-refractivity contribution < 1.29 is 0 Å². The number of nitrogens with one attached hydrogen (secondary N) is 1. The van der Waals surface area contributed by atoms with Crippen molar-refractivity contribution in [1.82, 2.24) is 19.2 Å². The van der Waals surface area contributed by atoms with E-state index in [9.17, 15) is 0 Å². The fraction of sp³-hybridized carbons (Fsp3) is 0.381. The number of rotatable bonds is 4. The number of anilines is 1. The number of nitrogens with zero attached hydrogens (tertiary/aromatic N) is 4. The molecule has 0 aliphatic carbocycles. The first-order valence-corrected chi connectivity index (χ1v) is 10.0. The van der Waals surface area contributed by atoms with Crippen molar-refractivity contribution in [1.29, 1.82) is 0 Å². The minimum absolute atomic E-state index is 0.738. The zero-order chi connectivity index (χ0) is 18.2. The Kier molecular flexibility index (Phi) is 4.52. The summed E-state index contributed by atoms with van der Waals surface area (Å²) in [6.45, 7) is 7.37. The molecule has 0 spiro atoms. The van der Waals surface area contributed by atoms with Crippen molar-refractivity contribution in [3.05, 3.63) is 64.6 Å². The Hall–Kier alpha value is -2.08. The van der Waals surface area contributed by atoms with Crippen LogP contribution in [0.4, 0.5) is 5.69 Å². The van der Waals surface area contributed by atoms with Crippen LogP contribution < -0.4 is 5.32 Å². The van der Waals surface area contributed by atoms with Crippen LogP contribution in [0.15, 0.2) is 42.7 Å². The quantitative estimate of drug-likeness (QED) is 0.752. The van der Waals surface area contributed by atoms with Gasteiger partial charge in [-0.1, -0.05) is 29.8 Å². The Labute approximate surface area is 164 Å². The monoisotopic (exact) mass is 381 g/mol. The topological polar surface area (TPSA) is 35.8 Å². The molecule has 6 heteroatoms. The lowest BCUT2D eigenvalue weighted by Gasteiger charge is -2.34. The number of imidazole rings is 1. The summed E-state index contributed by atoms with van der Waals surface area (Å²) in [7, 11) is 0. The van der Waals surface area contributed by atoms with Crippen molar-refractivity contribution in [3.8, 4) is 0 Å². The van der Waals surface area contributed by atoms with Gasteiger partial charge in [0, 0.05) is 63.9 Å². The predicted molar refractivity (Wildman–Crippen MR) is 109 cm³/mol. The molecule has 1 fully saturated rings. The Morgan fingerprint density at radius 1 is 0.963 bits per heavy atom. The largest absolute Gasteiger partial charge is 0.384 e. The molecule has 1 N–H and O–H groups in total. The van der Waals surface area contributed by atoms with Gasteiger partial charge in [0.25, 0.3) is 0 Å². The molecule has 0 radical (unpaired) electrons. The number of hydrogen-bond donors (Lipinski definition) is 1. The van der Waals surface area contributed by atoms with E-state index in [1.165, 1.54) is 16.8 Å². The number of piperazine rings is 1. The summed E-state index contributed by atoms with van der Waals surface area (Å²) in [6, 6.07) is 10.6. The van der Waals surface area contributed by atoms with Crippen LogP contribution in [0.3, 0.4) is 0 Å². The highest BCUT2D eigenvalue weighted by Gasteiger charge is 2.20. The van der Waals surface area contributed by atoms with E-state index >= 15 is 0 Å². The molecule has 0 saturated carbocycles. The minimum atomic E-state index is 0.738. The van der Waals surface area contributed by atoms with Crippen molar-refractivity contribution in [2.24, 2.45) is 0 Å². The maximum absolute atomic E-state index is 6.07. The lowest BCUT2D eigenvalue weighted by atomic mass is 10.1. The summed E-state index contributed by atoms with van der Waals surface area (Å²) in [5.74, 6) is 0. The molecule has 2 aromatic heterocycles. The second-order valence-corrected chi connectivity index (χ2v) is 7.96. The van der Waals surface area contributed by atoms with Crippen LogP contribution in [0.2, 0.25) is 5.02 Å². The molecule has 4 heterocycles. The molecule has 0 atom stereocenters. The normalized spacial score (nSPS) is 18.0. The average Bonchev–Trinajstić information content (AvgIpc) is 3.30. The van der Waals surface area contributed by atoms with E-state index in [1.54, 1.807) is 0 Å². The van der Waals surface area contributed by atoms with Crippen molar-refractivity contribution in [2.75, 3.05) is 38.0 Å². The maximum atomic E-state index is 6.07. The van der Waals surface area contributed by atoms with Gasteiger partial charge in [-0.15, -0.1) is 0 Å². The van der Waals surface area contributed by atoms with Crippen LogP contribution in [-0.4, -0.2) is 51.9 Å². The van der Waals surface area contributed by atoms with Crippen molar-refractivity contribution >= 4 is 22.9 Å². The van der Waals surface area contributed by atoms with Gasteiger partial charge >= 0.3 is 0 Å². The number of pyridine rings is 1. The van der Waals surface area contributed by atoms with Gasteiger partial charge in [0.2, 0.25) is 0 Å². The van der Waals surface area contributed by atoms with Crippen LogP contribution in [0.1, 0.15) is 16.8 Å². The second-order valence-electron chi connectivity index (χ2n) is 7.53. The van der Waals surface area contributed by atoms with Gasteiger partial charge in [-0.25, -0.2) is 4.98 Å². The molecule has 3 aromatic rings. The molecule has 0 amide bonds. The van der Waals surface area contributed by atoms with Gasteiger partial charge in [0.15, 0.2) is 0 Å². The first-order valence-electron chi connectivity index (χ1n) is 9.67. The minimum Gasteiger partial charge on any atom is -0.384 e. The molecule has 140 valence electrons. The highest BCUT2D eigenvalue weighted by Crippen LogP contribution is 2.27. The van der Waals surface area contributed by atoms with Gasteiger partial charge in [0.05, 0.1) is 10.7 Å². The molecule has 2 aliphatic rings. The van der Waals surface area contributed by atoms with E-state index in [0.29, 0.717) is 0 Å². The molecule has 1 saturated heterocycles. The molecule has 5 nitrogen and oxygen atoms in total. The van der Waals surface area contributed by atoms with Crippen molar-refractivity contribution in [2.45, 2.75) is 19.5 Å². The van der Waals surface area contributed by atoms with Crippen LogP contribution in [0.25, 0.3) is 5.65 Å². The fourth-order valence-electron chi connectivity index (χ4n) is 4.21. The number of fused-ring (bicyclic) bond motifs is 2. The molecule has 5 rings (SSSR count). The zero-order valence-electron chi connectivity index (χ0n) is 15.4. The third kappa shape index (κ3) is 3.55. The molecule has 2 aliphatic heterocycles. The SMILES string of the molecule is Clc1ccc2nc(CN3CCN(Cc4cccc5c4NCC5)CC3)cn2c1. The number of aromatic nitrogens is 2. The third-order valence-corrected chi connectivity index (χ3v) is 5.87. The lowest BCUT2D eigenvalue weighted by Crippen LogP contribution is -2.45. The number of hydrogen-bond acceptors (Lipinski definition) is 4. The highest BCUT2D eigenvalue weighted by atomic mass is 35.5. The fourth-order valence-corrected chi connectivity index (χ4v) is 4.38. The molecule has 0 unspecified atom stereocenters. The number of para-hydroxylation sites is 1. The lowest BCUT2D eigenvalue weighted by molar-refractivity contribution is 0.121. The van der Waals surface area contributed by atoms with E-state index in [1.807, 2.05) is 22.7 Å². The summed E-state index contributed by atoms with van der Waals surface area (Å²) >= 11 is 6.07. The van der Waals surface area contributed by atoms with Crippen LogP contribution in [-0.2, 0) is 19.5 Å². The Morgan fingerprint density at radius 3 is 2.63 bits per heavy atom. The van der Waals surface area contributed by atoms with E-state index in [4.69, 9.17) is 16.6 Å². The summed E-state index contributed by atoms with van der Waals surface area (Å²) in [5.41, 5.74) is 6.35. The standard InChI is InChI=1S/C21H24ClN5/c22-18-4-5-20-24-19(15-27(20)13-18)14-26-10-8-25(9-11-26)12-17-3-1-2-16-6-7-23-21(16)17/h1-5,13,15,23H,6-12,14H2. The van der Waals surface area contributed by atoms with Gasteiger partial charge in [-0.3, -0.25) is 9.80 Å². The number of benzene rings is 1. The van der Waals surface area contributed by atoms with E-state index in [0.717, 1.165) is 68.6 Å². The first-order chi connectivity index (χ1) is 13.2. The predicted octanol–water partition coefficient (Wildman–Crippen LogP) is 3.27. The first kappa shape index (κ1) is 17.0. The van der Waals surface area contributed by atoms with Crippen LogP contribution in [0, 0.1) is 0 Å². The third-order valence-electron chi connectivity index (χ3n) is 5.64. The summed E-state index contributed by atoms with van der Waals surface area (Å²) in [4.78, 5) is 9.77. The maximum Gasteiger partial charge on any atom is 0.137 e. The van der Waals surface area contributed by atoms with E-state index < -0.39 is 0 Å². The van der Waals surface area contributed by atoms with Crippen molar-refractivity contribution in [3.63, 3.8) is 0 Å². The highest BCUT2D eigenvalue weighted by molar-refractivity contribution is 6.30. The summed E-state index contributed by atoms with van der Waals surface area (Å²) in [5, 5.41) is 4.30. The van der Waals surface area contributed by atoms with Gasteiger partial charge in [-0.05, 0) is 29.7 Å².